The Bertz CT molecular complexity index is 668. The second kappa shape index (κ2) is 11.2. The zero-order valence-corrected chi connectivity index (χ0v) is 16.1. The molecule has 2 rings (SSSR count). The maximum absolute atomic E-state index is 11.7. The maximum Gasteiger partial charge on any atom is 0.344 e. The molecule has 0 radical (unpaired) electrons. The molecule has 0 amide bonds. The van der Waals surface area contributed by atoms with Crippen molar-refractivity contribution in [2.75, 3.05) is 26.8 Å². The molecular formula is C18H20Cl3NO3. The molecule has 0 aliphatic heterocycles. The van der Waals surface area contributed by atoms with E-state index in [0.29, 0.717) is 28.9 Å². The zero-order chi connectivity index (χ0) is 17.4. The minimum Gasteiger partial charge on any atom is -0.480 e. The standard InChI is InChI=1S/C18H19Cl2NO3.ClH/c1-21(12-14-5-3-2-4-6-14)9-10-23-18(22)13-24-17-8-7-15(19)11-16(17)20;/h2-8,11H,9-10,12-13H2,1H3;1H. The van der Waals surface area contributed by atoms with E-state index in [1.807, 2.05) is 25.2 Å². The van der Waals surface area contributed by atoms with Crippen LogP contribution in [0, 0.1) is 0 Å². The van der Waals surface area contributed by atoms with Crippen LogP contribution in [0.15, 0.2) is 48.5 Å². The minimum atomic E-state index is -0.436. The molecule has 0 aliphatic rings. The van der Waals surface area contributed by atoms with Crippen LogP contribution in [0.5, 0.6) is 5.75 Å². The summed E-state index contributed by atoms with van der Waals surface area (Å²) in [5.74, 6) is -0.0339. The van der Waals surface area contributed by atoms with Gasteiger partial charge in [-0.2, -0.15) is 0 Å². The summed E-state index contributed by atoms with van der Waals surface area (Å²) >= 11 is 11.8. The maximum atomic E-state index is 11.7. The van der Waals surface area contributed by atoms with Gasteiger partial charge in [0.1, 0.15) is 12.4 Å². The molecule has 0 fully saturated rings. The van der Waals surface area contributed by atoms with E-state index in [4.69, 9.17) is 32.7 Å². The molecule has 0 bridgehead atoms. The lowest BCUT2D eigenvalue weighted by Crippen LogP contribution is -2.25. The van der Waals surface area contributed by atoms with E-state index < -0.39 is 5.97 Å². The van der Waals surface area contributed by atoms with Gasteiger partial charge in [-0.05, 0) is 30.8 Å². The number of likely N-dealkylation sites (N-methyl/N-ethyl adjacent to an activating group) is 1. The first-order chi connectivity index (χ1) is 11.5. The molecule has 2 aromatic carbocycles. The average molecular weight is 405 g/mol. The lowest BCUT2D eigenvalue weighted by Gasteiger charge is -2.16. The average Bonchev–Trinajstić information content (AvgIpc) is 2.55. The largest absolute Gasteiger partial charge is 0.480 e. The molecule has 0 N–H and O–H groups in total. The number of esters is 1. The van der Waals surface area contributed by atoms with Gasteiger partial charge in [0.05, 0.1) is 5.02 Å². The van der Waals surface area contributed by atoms with Crippen molar-refractivity contribution in [3.05, 3.63) is 64.1 Å². The van der Waals surface area contributed by atoms with Crippen LogP contribution in [0.1, 0.15) is 5.56 Å². The molecule has 0 saturated carbocycles. The Balaban J connectivity index is 0.00000312. The zero-order valence-electron chi connectivity index (χ0n) is 13.8. The fourth-order valence-electron chi connectivity index (χ4n) is 2.06. The highest BCUT2D eigenvalue weighted by Crippen LogP contribution is 2.27. The van der Waals surface area contributed by atoms with Crippen molar-refractivity contribution in [2.24, 2.45) is 0 Å². The van der Waals surface area contributed by atoms with Gasteiger partial charge in [-0.25, -0.2) is 4.79 Å². The van der Waals surface area contributed by atoms with Gasteiger partial charge in [0, 0.05) is 18.1 Å². The van der Waals surface area contributed by atoms with Crippen LogP contribution in [-0.2, 0) is 16.1 Å². The van der Waals surface area contributed by atoms with Crippen LogP contribution in [0.4, 0.5) is 0 Å². The first-order valence-corrected chi connectivity index (χ1v) is 8.26. The van der Waals surface area contributed by atoms with Crippen LogP contribution < -0.4 is 4.74 Å². The predicted octanol–water partition coefficient (Wildman–Crippen LogP) is 4.47. The van der Waals surface area contributed by atoms with Gasteiger partial charge >= 0.3 is 5.97 Å². The van der Waals surface area contributed by atoms with Crippen LogP contribution in [0.3, 0.4) is 0 Å². The van der Waals surface area contributed by atoms with Gasteiger partial charge in [-0.3, -0.25) is 4.90 Å². The smallest absolute Gasteiger partial charge is 0.344 e. The second-order valence-electron chi connectivity index (χ2n) is 5.31. The summed E-state index contributed by atoms with van der Waals surface area (Å²) in [6, 6.07) is 14.9. The van der Waals surface area contributed by atoms with Gasteiger partial charge in [-0.1, -0.05) is 53.5 Å². The minimum absolute atomic E-state index is 0. The Morgan fingerprint density at radius 3 is 2.52 bits per heavy atom. The summed E-state index contributed by atoms with van der Waals surface area (Å²) in [5.41, 5.74) is 1.21. The monoisotopic (exact) mass is 403 g/mol. The van der Waals surface area contributed by atoms with Crippen molar-refractivity contribution in [2.45, 2.75) is 6.54 Å². The van der Waals surface area contributed by atoms with Crippen molar-refractivity contribution in [1.29, 1.82) is 0 Å². The van der Waals surface area contributed by atoms with Crippen LogP contribution in [0.2, 0.25) is 10.0 Å². The molecule has 25 heavy (non-hydrogen) atoms. The number of rotatable bonds is 8. The highest BCUT2D eigenvalue weighted by Gasteiger charge is 2.08. The third-order valence-corrected chi connectivity index (χ3v) is 3.80. The summed E-state index contributed by atoms with van der Waals surface area (Å²) in [6.07, 6.45) is 0. The predicted molar refractivity (Wildman–Crippen MR) is 103 cm³/mol. The number of halogens is 3. The molecule has 7 heteroatoms. The van der Waals surface area contributed by atoms with Gasteiger partial charge in [0.2, 0.25) is 0 Å². The van der Waals surface area contributed by atoms with Gasteiger partial charge in [-0.15, -0.1) is 12.4 Å². The van der Waals surface area contributed by atoms with Crippen molar-refractivity contribution in [3.8, 4) is 5.75 Å². The second-order valence-corrected chi connectivity index (χ2v) is 6.15. The summed E-state index contributed by atoms with van der Waals surface area (Å²) in [7, 11) is 1.98. The van der Waals surface area contributed by atoms with Crippen LogP contribution >= 0.6 is 35.6 Å². The van der Waals surface area contributed by atoms with Crippen molar-refractivity contribution < 1.29 is 14.3 Å². The van der Waals surface area contributed by atoms with Crippen molar-refractivity contribution in [1.82, 2.24) is 4.90 Å². The molecule has 0 aliphatic carbocycles. The Morgan fingerprint density at radius 2 is 1.84 bits per heavy atom. The molecule has 0 unspecified atom stereocenters. The molecule has 0 heterocycles. The summed E-state index contributed by atoms with van der Waals surface area (Å²) in [5, 5.41) is 0.870. The molecule has 0 aromatic heterocycles. The van der Waals surface area contributed by atoms with E-state index >= 15 is 0 Å². The number of benzene rings is 2. The number of ether oxygens (including phenoxy) is 2. The topological polar surface area (TPSA) is 38.8 Å². The van der Waals surface area contributed by atoms with E-state index in [0.717, 1.165) is 6.54 Å². The number of hydrogen-bond donors (Lipinski definition) is 0. The van der Waals surface area contributed by atoms with Gasteiger partial charge < -0.3 is 9.47 Å². The SMILES string of the molecule is CN(CCOC(=O)COc1ccc(Cl)cc1Cl)Cc1ccccc1.Cl. The third kappa shape index (κ3) is 7.97. The number of carbonyl (C=O) groups is 1. The van der Waals surface area contributed by atoms with E-state index in [1.165, 1.54) is 5.56 Å². The lowest BCUT2D eigenvalue weighted by molar-refractivity contribution is -0.146. The normalized spacial score (nSPS) is 10.2. The number of carbonyl (C=O) groups excluding carboxylic acids is 1. The van der Waals surface area contributed by atoms with Crippen LogP contribution in [-0.4, -0.2) is 37.7 Å². The summed E-state index contributed by atoms with van der Waals surface area (Å²) in [6.45, 7) is 1.56. The fourth-order valence-corrected chi connectivity index (χ4v) is 2.52. The van der Waals surface area contributed by atoms with E-state index in [1.54, 1.807) is 18.2 Å². The first-order valence-electron chi connectivity index (χ1n) is 7.50. The van der Waals surface area contributed by atoms with E-state index in [9.17, 15) is 4.79 Å². The van der Waals surface area contributed by atoms with Crippen molar-refractivity contribution in [3.63, 3.8) is 0 Å². The Labute approximate surface area is 164 Å². The van der Waals surface area contributed by atoms with Gasteiger partial charge in [0.15, 0.2) is 6.61 Å². The van der Waals surface area contributed by atoms with E-state index in [-0.39, 0.29) is 19.0 Å². The number of hydrogen-bond acceptors (Lipinski definition) is 4. The Morgan fingerprint density at radius 1 is 1.12 bits per heavy atom. The Hall–Kier alpha value is -1.46. The first kappa shape index (κ1) is 21.6. The quantitative estimate of drug-likeness (QED) is 0.609. The molecular weight excluding hydrogens is 385 g/mol. The van der Waals surface area contributed by atoms with Gasteiger partial charge in [0.25, 0.3) is 0 Å². The third-order valence-electron chi connectivity index (χ3n) is 3.27. The fraction of sp³-hybridized carbons (Fsp3) is 0.278. The summed E-state index contributed by atoms with van der Waals surface area (Å²) in [4.78, 5) is 13.8. The molecule has 4 nitrogen and oxygen atoms in total. The highest BCUT2D eigenvalue weighted by atomic mass is 35.5. The lowest BCUT2D eigenvalue weighted by atomic mass is 10.2. The van der Waals surface area contributed by atoms with Crippen molar-refractivity contribution >= 4 is 41.6 Å². The number of nitrogens with zero attached hydrogens (tertiary/aromatic N) is 1. The Kier molecular flexibility index (Phi) is 9.68. The summed E-state index contributed by atoms with van der Waals surface area (Å²) < 4.78 is 10.5. The molecule has 136 valence electrons. The molecule has 2 aromatic rings. The van der Waals surface area contributed by atoms with Crippen LogP contribution in [0.25, 0.3) is 0 Å². The highest BCUT2D eigenvalue weighted by molar-refractivity contribution is 6.35. The molecule has 0 spiro atoms. The van der Waals surface area contributed by atoms with E-state index in [2.05, 4.69) is 17.0 Å². The molecule has 0 saturated heterocycles. The molecule has 0 atom stereocenters.